The lowest BCUT2D eigenvalue weighted by Gasteiger charge is -2.27. The molecule has 16 heavy (non-hydrogen) atoms. The third-order valence-electron chi connectivity index (χ3n) is 2.60. The molecule has 0 aromatic rings. The highest BCUT2D eigenvalue weighted by Gasteiger charge is 2.11. The minimum Gasteiger partial charge on any atom is -0.395 e. The second-order valence-corrected chi connectivity index (χ2v) is 4.54. The van der Waals surface area contributed by atoms with Gasteiger partial charge in [0.15, 0.2) is 0 Å². The van der Waals surface area contributed by atoms with Gasteiger partial charge in [0.1, 0.15) is 0 Å². The number of rotatable bonds is 10. The summed E-state index contributed by atoms with van der Waals surface area (Å²) in [5, 5.41) is 12.6. The second-order valence-electron chi connectivity index (χ2n) is 4.54. The van der Waals surface area contributed by atoms with Crippen LogP contribution in [0.25, 0.3) is 0 Å². The Balaban J connectivity index is 3.97. The molecule has 4 heteroatoms. The van der Waals surface area contributed by atoms with Crippen LogP contribution in [-0.4, -0.2) is 74.4 Å². The van der Waals surface area contributed by atoms with Gasteiger partial charge in [-0.15, -0.1) is 0 Å². The third-order valence-corrected chi connectivity index (χ3v) is 2.60. The molecule has 1 unspecified atom stereocenters. The molecule has 0 aliphatic heterocycles. The van der Waals surface area contributed by atoms with Gasteiger partial charge in [0.25, 0.3) is 0 Å². The van der Waals surface area contributed by atoms with Gasteiger partial charge in [-0.05, 0) is 33.6 Å². The molecule has 2 N–H and O–H groups in total. The van der Waals surface area contributed by atoms with E-state index in [4.69, 9.17) is 0 Å². The van der Waals surface area contributed by atoms with Gasteiger partial charge in [-0.2, -0.15) is 0 Å². The average molecular weight is 231 g/mol. The molecule has 0 amide bonds. The highest BCUT2D eigenvalue weighted by Crippen LogP contribution is 1.95. The summed E-state index contributed by atoms with van der Waals surface area (Å²) in [5.41, 5.74) is 0. The molecule has 0 radical (unpaired) electrons. The maximum atomic E-state index is 9.25. The van der Waals surface area contributed by atoms with Crippen LogP contribution in [-0.2, 0) is 0 Å². The van der Waals surface area contributed by atoms with Gasteiger partial charge in [-0.1, -0.05) is 13.8 Å². The molecule has 0 bridgehead atoms. The fourth-order valence-electron chi connectivity index (χ4n) is 1.74. The summed E-state index contributed by atoms with van der Waals surface area (Å²) in [4.78, 5) is 4.62. The zero-order valence-electron chi connectivity index (χ0n) is 11.4. The SMILES string of the molecule is CCCN(CCN(C)C)CC(CO)NCC. The van der Waals surface area contributed by atoms with Crippen LogP contribution in [0, 0.1) is 0 Å². The Bertz CT molecular complexity index is 153. The number of nitrogens with one attached hydrogen (secondary N) is 1. The monoisotopic (exact) mass is 231 g/mol. The highest BCUT2D eigenvalue weighted by molar-refractivity contribution is 4.71. The van der Waals surface area contributed by atoms with E-state index in [1.807, 2.05) is 0 Å². The minimum atomic E-state index is 0.207. The van der Waals surface area contributed by atoms with Crippen LogP contribution in [0.15, 0.2) is 0 Å². The van der Waals surface area contributed by atoms with Crippen LogP contribution >= 0.6 is 0 Å². The van der Waals surface area contributed by atoms with Crippen LogP contribution in [0.1, 0.15) is 20.3 Å². The molecule has 0 heterocycles. The molecular formula is C12H29N3O. The molecule has 98 valence electrons. The molecule has 0 saturated carbocycles. The third kappa shape index (κ3) is 8.05. The van der Waals surface area contributed by atoms with Crippen LogP contribution < -0.4 is 5.32 Å². The van der Waals surface area contributed by atoms with Gasteiger partial charge >= 0.3 is 0 Å². The number of hydrogen-bond acceptors (Lipinski definition) is 4. The summed E-state index contributed by atoms with van der Waals surface area (Å²) in [7, 11) is 4.19. The lowest BCUT2D eigenvalue weighted by Crippen LogP contribution is -2.45. The maximum Gasteiger partial charge on any atom is 0.0597 e. The van der Waals surface area contributed by atoms with Crippen molar-refractivity contribution in [1.29, 1.82) is 0 Å². The van der Waals surface area contributed by atoms with Gasteiger partial charge in [0.05, 0.1) is 6.61 Å². The quantitative estimate of drug-likeness (QED) is 0.564. The first-order chi connectivity index (χ1) is 7.63. The van der Waals surface area contributed by atoms with Crippen molar-refractivity contribution in [3.8, 4) is 0 Å². The Morgan fingerprint density at radius 3 is 2.25 bits per heavy atom. The van der Waals surface area contributed by atoms with E-state index in [1.165, 1.54) is 0 Å². The maximum absolute atomic E-state index is 9.25. The van der Waals surface area contributed by atoms with Gasteiger partial charge < -0.3 is 20.2 Å². The van der Waals surface area contributed by atoms with E-state index in [0.29, 0.717) is 0 Å². The first-order valence-corrected chi connectivity index (χ1v) is 6.35. The topological polar surface area (TPSA) is 38.7 Å². The molecule has 0 aromatic heterocycles. The second kappa shape index (κ2) is 10.0. The standard InChI is InChI=1S/C12H29N3O/c1-5-7-15(9-8-14(3)4)10-12(11-16)13-6-2/h12-13,16H,5-11H2,1-4H3. The molecular weight excluding hydrogens is 202 g/mol. The zero-order valence-corrected chi connectivity index (χ0v) is 11.4. The predicted molar refractivity (Wildman–Crippen MR) is 69.8 cm³/mol. The average Bonchev–Trinajstić information content (AvgIpc) is 2.25. The predicted octanol–water partition coefficient (Wildman–Crippen LogP) is 0.230. The fourth-order valence-corrected chi connectivity index (χ4v) is 1.74. The lowest BCUT2D eigenvalue weighted by atomic mass is 10.2. The molecule has 0 aliphatic rings. The summed E-state index contributed by atoms with van der Waals surface area (Å²) in [5.74, 6) is 0. The lowest BCUT2D eigenvalue weighted by molar-refractivity contribution is 0.173. The normalized spacial score (nSPS) is 13.7. The van der Waals surface area contributed by atoms with E-state index in [9.17, 15) is 5.11 Å². The molecule has 1 atom stereocenters. The molecule has 0 aliphatic carbocycles. The molecule has 0 rings (SSSR count). The summed E-state index contributed by atoms with van der Waals surface area (Å²) in [6, 6.07) is 0.207. The minimum absolute atomic E-state index is 0.207. The Labute approximate surface area is 101 Å². The van der Waals surface area contributed by atoms with E-state index in [1.54, 1.807) is 0 Å². The van der Waals surface area contributed by atoms with Gasteiger partial charge in [0, 0.05) is 25.7 Å². The van der Waals surface area contributed by atoms with Crippen molar-refractivity contribution >= 4 is 0 Å². The molecule has 4 nitrogen and oxygen atoms in total. The van der Waals surface area contributed by atoms with Crippen molar-refractivity contribution in [3.63, 3.8) is 0 Å². The number of likely N-dealkylation sites (N-methyl/N-ethyl adjacent to an activating group) is 2. The van der Waals surface area contributed by atoms with Gasteiger partial charge in [-0.3, -0.25) is 0 Å². The first kappa shape index (κ1) is 15.8. The van der Waals surface area contributed by atoms with E-state index >= 15 is 0 Å². The van der Waals surface area contributed by atoms with Crippen LogP contribution in [0.4, 0.5) is 0 Å². The highest BCUT2D eigenvalue weighted by atomic mass is 16.3. The summed E-state index contributed by atoms with van der Waals surface area (Å²) in [6.45, 7) is 9.60. The molecule has 0 aromatic carbocycles. The molecule has 0 saturated heterocycles. The Morgan fingerprint density at radius 1 is 1.12 bits per heavy atom. The fraction of sp³-hybridized carbons (Fsp3) is 1.00. The van der Waals surface area contributed by atoms with Crippen LogP contribution in [0.5, 0.6) is 0 Å². The smallest absolute Gasteiger partial charge is 0.0597 e. The van der Waals surface area contributed by atoms with Gasteiger partial charge in [0.2, 0.25) is 0 Å². The number of aliphatic hydroxyl groups excluding tert-OH is 1. The van der Waals surface area contributed by atoms with Crippen molar-refractivity contribution in [2.24, 2.45) is 0 Å². The van der Waals surface area contributed by atoms with Crippen molar-refractivity contribution in [2.45, 2.75) is 26.3 Å². The molecule has 0 fully saturated rings. The van der Waals surface area contributed by atoms with Crippen molar-refractivity contribution in [2.75, 3.05) is 53.4 Å². The number of aliphatic hydroxyl groups is 1. The Kier molecular flexibility index (Phi) is 9.92. The zero-order chi connectivity index (χ0) is 12.4. The first-order valence-electron chi connectivity index (χ1n) is 6.35. The summed E-state index contributed by atoms with van der Waals surface area (Å²) >= 11 is 0. The number of nitrogens with zero attached hydrogens (tertiary/aromatic N) is 2. The van der Waals surface area contributed by atoms with E-state index in [2.05, 4.69) is 43.1 Å². The van der Waals surface area contributed by atoms with Crippen molar-refractivity contribution < 1.29 is 5.11 Å². The van der Waals surface area contributed by atoms with E-state index in [-0.39, 0.29) is 12.6 Å². The largest absolute Gasteiger partial charge is 0.395 e. The van der Waals surface area contributed by atoms with E-state index < -0.39 is 0 Å². The number of hydrogen-bond donors (Lipinski definition) is 2. The Hall–Kier alpha value is -0.160. The summed E-state index contributed by atoms with van der Waals surface area (Å²) < 4.78 is 0. The Morgan fingerprint density at radius 2 is 1.81 bits per heavy atom. The van der Waals surface area contributed by atoms with Crippen LogP contribution in [0.3, 0.4) is 0 Å². The summed E-state index contributed by atoms with van der Waals surface area (Å²) in [6.07, 6.45) is 1.16. The van der Waals surface area contributed by atoms with Gasteiger partial charge in [-0.25, -0.2) is 0 Å². The van der Waals surface area contributed by atoms with Crippen LogP contribution in [0.2, 0.25) is 0 Å². The molecule has 0 spiro atoms. The van der Waals surface area contributed by atoms with Crippen molar-refractivity contribution in [1.82, 2.24) is 15.1 Å². The van der Waals surface area contributed by atoms with Crippen molar-refractivity contribution in [3.05, 3.63) is 0 Å². The van der Waals surface area contributed by atoms with E-state index in [0.717, 1.165) is 39.1 Å².